The van der Waals surface area contributed by atoms with Gasteiger partial charge in [0.2, 0.25) is 5.91 Å². The second-order valence-electron chi connectivity index (χ2n) is 4.31. The molecule has 1 saturated heterocycles. The molecular weight excluding hydrogens is 322 g/mol. The Morgan fingerprint density at radius 1 is 1.56 bits per heavy atom. The van der Waals surface area contributed by atoms with Gasteiger partial charge in [0.05, 0.1) is 10.9 Å². The second kappa shape index (κ2) is 6.50. The highest BCUT2D eigenvalue weighted by molar-refractivity contribution is 9.10. The average molecular weight is 338 g/mol. The van der Waals surface area contributed by atoms with E-state index in [1.165, 1.54) is 6.07 Å². The number of amides is 1. The topological polar surface area (TPSA) is 46.3 Å². The first-order valence-corrected chi connectivity index (χ1v) is 6.33. The molecule has 1 aromatic rings. The van der Waals surface area contributed by atoms with Crippen molar-refractivity contribution in [1.29, 1.82) is 0 Å². The SMILES string of the molecule is Cl.N[C@@H]1CCN(C(=O)Cc2ccc(Br)c(F)c2)C1. The zero-order valence-corrected chi connectivity index (χ0v) is 12.1. The highest BCUT2D eigenvalue weighted by Crippen LogP contribution is 2.17. The molecule has 0 unspecified atom stereocenters. The van der Waals surface area contributed by atoms with E-state index in [1.807, 2.05) is 0 Å². The third kappa shape index (κ3) is 3.67. The van der Waals surface area contributed by atoms with Gasteiger partial charge in [0, 0.05) is 19.1 Å². The summed E-state index contributed by atoms with van der Waals surface area (Å²) >= 11 is 3.08. The number of halogens is 3. The van der Waals surface area contributed by atoms with Crippen LogP contribution in [0.2, 0.25) is 0 Å². The number of nitrogens with zero attached hydrogens (tertiary/aromatic N) is 1. The van der Waals surface area contributed by atoms with Crippen LogP contribution in [0.25, 0.3) is 0 Å². The summed E-state index contributed by atoms with van der Waals surface area (Å²) in [5.41, 5.74) is 6.43. The van der Waals surface area contributed by atoms with E-state index in [-0.39, 0.29) is 36.6 Å². The fourth-order valence-electron chi connectivity index (χ4n) is 1.95. The molecule has 0 bridgehead atoms. The summed E-state index contributed by atoms with van der Waals surface area (Å²) in [4.78, 5) is 13.6. The minimum absolute atomic E-state index is 0. The lowest BCUT2D eigenvalue weighted by Gasteiger charge is -2.15. The molecule has 0 aromatic heterocycles. The Kier molecular flexibility index (Phi) is 5.56. The molecule has 1 amide bonds. The maximum atomic E-state index is 13.3. The van der Waals surface area contributed by atoms with Crippen LogP contribution in [0.1, 0.15) is 12.0 Å². The highest BCUT2D eigenvalue weighted by Gasteiger charge is 2.23. The lowest BCUT2D eigenvalue weighted by atomic mass is 10.1. The number of rotatable bonds is 2. The van der Waals surface area contributed by atoms with Crippen LogP contribution >= 0.6 is 28.3 Å². The van der Waals surface area contributed by atoms with Crippen LogP contribution in [0.3, 0.4) is 0 Å². The van der Waals surface area contributed by atoms with E-state index in [1.54, 1.807) is 17.0 Å². The number of carbonyl (C=O) groups excluding carboxylic acids is 1. The summed E-state index contributed by atoms with van der Waals surface area (Å²) in [5.74, 6) is -0.326. The number of benzene rings is 1. The van der Waals surface area contributed by atoms with Gasteiger partial charge in [-0.1, -0.05) is 6.07 Å². The maximum Gasteiger partial charge on any atom is 0.227 e. The average Bonchev–Trinajstić information content (AvgIpc) is 2.70. The van der Waals surface area contributed by atoms with E-state index in [2.05, 4.69) is 15.9 Å². The van der Waals surface area contributed by atoms with E-state index in [0.29, 0.717) is 23.1 Å². The van der Waals surface area contributed by atoms with E-state index in [0.717, 1.165) is 6.42 Å². The number of carbonyl (C=O) groups is 1. The second-order valence-corrected chi connectivity index (χ2v) is 5.17. The van der Waals surface area contributed by atoms with Crippen molar-refractivity contribution in [3.05, 3.63) is 34.1 Å². The number of hydrogen-bond donors (Lipinski definition) is 1. The molecule has 0 aliphatic carbocycles. The van der Waals surface area contributed by atoms with Crippen molar-refractivity contribution >= 4 is 34.2 Å². The lowest BCUT2D eigenvalue weighted by Crippen LogP contribution is -2.32. The first kappa shape index (κ1) is 15.4. The summed E-state index contributed by atoms with van der Waals surface area (Å²) in [5, 5.41) is 0. The number of hydrogen-bond acceptors (Lipinski definition) is 2. The van der Waals surface area contributed by atoms with E-state index >= 15 is 0 Å². The molecule has 6 heteroatoms. The van der Waals surface area contributed by atoms with Gasteiger partial charge in [0.15, 0.2) is 0 Å². The molecule has 1 aromatic carbocycles. The molecule has 0 saturated carbocycles. The predicted molar refractivity (Wildman–Crippen MR) is 74.2 cm³/mol. The summed E-state index contributed by atoms with van der Waals surface area (Å²) in [6, 6.07) is 4.84. The van der Waals surface area contributed by atoms with Crippen LogP contribution in [0.15, 0.2) is 22.7 Å². The van der Waals surface area contributed by atoms with E-state index in [4.69, 9.17) is 5.73 Å². The van der Waals surface area contributed by atoms with Gasteiger partial charge in [0.25, 0.3) is 0 Å². The third-order valence-corrected chi connectivity index (χ3v) is 3.56. The van der Waals surface area contributed by atoms with E-state index in [9.17, 15) is 9.18 Å². The molecule has 0 spiro atoms. The Morgan fingerprint density at radius 2 is 2.28 bits per heavy atom. The van der Waals surface area contributed by atoms with Crippen LogP contribution in [0.5, 0.6) is 0 Å². The standard InChI is InChI=1S/C12H14BrFN2O.ClH/c13-10-2-1-8(5-11(10)14)6-12(17)16-4-3-9(15)7-16;/h1-2,5,9H,3-4,6-7,15H2;1H/t9-;/m1./s1. The van der Waals surface area contributed by atoms with Gasteiger partial charge in [-0.05, 0) is 40.0 Å². The van der Waals surface area contributed by atoms with E-state index < -0.39 is 0 Å². The Labute approximate surface area is 120 Å². The fraction of sp³-hybridized carbons (Fsp3) is 0.417. The molecule has 1 aliphatic heterocycles. The summed E-state index contributed by atoms with van der Waals surface area (Å²) in [7, 11) is 0. The minimum atomic E-state index is -0.339. The molecule has 1 atom stereocenters. The Balaban J connectivity index is 0.00000162. The van der Waals surface area contributed by atoms with Gasteiger partial charge >= 0.3 is 0 Å². The molecule has 3 nitrogen and oxygen atoms in total. The third-order valence-electron chi connectivity index (χ3n) is 2.92. The summed E-state index contributed by atoms with van der Waals surface area (Å²) in [6.45, 7) is 1.32. The van der Waals surface area contributed by atoms with Crippen LogP contribution in [-0.2, 0) is 11.2 Å². The highest BCUT2D eigenvalue weighted by atomic mass is 79.9. The van der Waals surface area contributed by atoms with Crippen molar-refractivity contribution < 1.29 is 9.18 Å². The van der Waals surface area contributed by atoms with Gasteiger partial charge < -0.3 is 10.6 Å². The number of likely N-dealkylation sites (tertiary alicyclic amines) is 1. The van der Waals surface area contributed by atoms with Crippen LogP contribution in [0.4, 0.5) is 4.39 Å². The number of nitrogens with two attached hydrogens (primary N) is 1. The van der Waals surface area contributed by atoms with Gasteiger partial charge in [-0.2, -0.15) is 0 Å². The smallest absolute Gasteiger partial charge is 0.227 e. The van der Waals surface area contributed by atoms with Crippen molar-refractivity contribution in [3.63, 3.8) is 0 Å². The molecule has 100 valence electrons. The van der Waals surface area contributed by atoms with Crippen molar-refractivity contribution in [2.75, 3.05) is 13.1 Å². The first-order chi connectivity index (χ1) is 8.06. The van der Waals surface area contributed by atoms with Crippen LogP contribution in [0, 0.1) is 5.82 Å². The summed E-state index contributed by atoms with van der Waals surface area (Å²) < 4.78 is 13.7. The predicted octanol–water partition coefficient (Wildman–Crippen LogP) is 2.11. The first-order valence-electron chi connectivity index (χ1n) is 5.53. The van der Waals surface area contributed by atoms with Crippen LogP contribution in [-0.4, -0.2) is 29.9 Å². The fourth-order valence-corrected chi connectivity index (χ4v) is 2.20. The van der Waals surface area contributed by atoms with Gasteiger partial charge in [0.1, 0.15) is 5.82 Å². The minimum Gasteiger partial charge on any atom is -0.341 e. The molecule has 2 N–H and O–H groups in total. The Bertz CT molecular complexity index is 444. The lowest BCUT2D eigenvalue weighted by molar-refractivity contribution is -0.129. The molecule has 0 radical (unpaired) electrons. The molecule has 1 heterocycles. The largest absolute Gasteiger partial charge is 0.341 e. The molecule has 18 heavy (non-hydrogen) atoms. The van der Waals surface area contributed by atoms with Crippen molar-refractivity contribution in [1.82, 2.24) is 4.90 Å². The monoisotopic (exact) mass is 336 g/mol. The maximum absolute atomic E-state index is 13.3. The Hall–Kier alpha value is -0.650. The zero-order valence-electron chi connectivity index (χ0n) is 9.73. The van der Waals surface area contributed by atoms with Crippen molar-refractivity contribution in [2.45, 2.75) is 18.9 Å². The van der Waals surface area contributed by atoms with Gasteiger partial charge in [-0.25, -0.2) is 4.39 Å². The quantitative estimate of drug-likeness (QED) is 0.898. The molecule has 2 rings (SSSR count). The van der Waals surface area contributed by atoms with Crippen molar-refractivity contribution in [3.8, 4) is 0 Å². The summed E-state index contributed by atoms with van der Waals surface area (Å²) in [6.07, 6.45) is 1.08. The van der Waals surface area contributed by atoms with Crippen LogP contribution < -0.4 is 5.73 Å². The Morgan fingerprint density at radius 3 is 2.83 bits per heavy atom. The van der Waals surface area contributed by atoms with Gasteiger partial charge in [-0.3, -0.25) is 4.79 Å². The molecule has 1 fully saturated rings. The van der Waals surface area contributed by atoms with Gasteiger partial charge in [-0.15, -0.1) is 12.4 Å². The molecule has 1 aliphatic rings. The van der Waals surface area contributed by atoms with Crippen molar-refractivity contribution in [2.24, 2.45) is 5.73 Å². The zero-order chi connectivity index (χ0) is 12.4. The molecular formula is C12H15BrClFN2O. The normalized spacial score (nSPS) is 18.6.